The highest BCUT2D eigenvalue weighted by atomic mass is 35.5. The van der Waals surface area contributed by atoms with Crippen molar-refractivity contribution in [2.24, 2.45) is 0 Å². The van der Waals surface area contributed by atoms with Crippen LogP contribution in [0.3, 0.4) is 0 Å². The SMILES string of the molecule is CON/C(=C/CC(=O)OC[C@H]1OC(O)[C@H](O)[C@@H](O)[C@@H]1O)c1ccc(Cl)c(Cl)c1. The molecule has 156 valence electrons. The lowest BCUT2D eigenvalue weighted by atomic mass is 9.99. The Bertz CT molecular complexity index is 716. The summed E-state index contributed by atoms with van der Waals surface area (Å²) in [5.74, 6) is -0.665. The first-order chi connectivity index (χ1) is 13.2. The van der Waals surface area contributed by atoms with Crippen LogP contribution in [0.15, 0.2) is 24.3 Å². The van der Waals surface area contributed by atoms with Crippen LogP contribution in [-0.2, 0) is 19.1 Å². The smallest absolute Gasteiger partial charge is 0.309 e. The molecule has 0 aromatic heterocycles. The number of hydroxylamine groups is 1. The van der Waals surface area contributed by atoms with Crippen LogP contribution in [0.5, 0.6) is 0 Å². The molecule has 1 aliphatic heterocycles. The molecule has 1 saturated heterocycles. The monoisotopic (exact) mass is 437 g/mol. The van der Waals surface area contributed by atoms with Gasteiger partial charge >= 0.3 is 5.97 Å². The number of carbonyl (C=O) groups is 1. The quantitative estimate of drug-likeness (QED) is 0.299. The van der Waals surface area contributed by atoms with E-state index in [1.807, 2.05) is 0 Å². The van der Waals surface area contributed by atoms with Crippen molar-refractivity contribution in [3.05, 3.63) is 39.9 Å². The van der Waals surface area contributed by atoms with Crippen LogP contribution in [0.4, 0.5) is 0 Å². The average Bonchev–Trinajstić information content (AvgIpc) is 2.67. The Labute approximate surface area is 171 Å². The Morgan fingerprint density at radius 3 is 2.54 bits per heavy atom. The van der Waals surface area contributed by atoms with Gasteiger partial charge in [-0.3, -0.25) is 15.1 Å². The molecule has 1 aliphatic rings. The number of carbonyl (C=O) groups excluding carboxylic acids is 1. The molecule has 1 fully saturated rings. The lowest BCUT2D eigenvalue weighted by Gasteiger charge is -2.37. The zero-order valence-corrected chi connectivity index (χ0v) is 16.3. The van der Waals surface area contributed by atoms with Crippen LogP contribution >= 0.6 is 23.2 Å². The number of rotatable bonds is 7. The maximum atomic E-state index is 12.0. The fraction of sp³-hybridized carbons (Fsp3) is 0.471. The highest BCUT2D eigenvalue weighted by molar-refractivity contribution is 6.42. The number of hydrogen-bond acceptors (Lipinski definition) is 9. The van der Waals surface area contributed by atoms with Gasteiger partial charge in [-0.2, -0.15) is 0 Å². The second kappa shape index (κ2) is 10.4. The number of halogens is 2. The van der Waals surface area contributed by atoms with Crippen LogP contribution in [0.1, 0.15) is 12.0 Å². The predicted molar refractivity (Wildman–Crippen MR) is 99.1 cm³/mol. The molecule has 9 nitrogen and oxygen atoms in total. The number of esters is 1. The zero-order valence-electron chi connectivity index (χ0n) is 14.8. The Balaban J connectivity index is 1.95. The summed E-state index contributed by atoms with van der Waals surface area (Å²) >= 11 is 11.9. The Morgan fingerprint density at radius 1 is 1.18 bits per heavy atom. The van der Waals surface area contributed by atoms with Crippen molar-refractivity contribution in [1.29, 1.82) is 0 Å². The molecule has 1 heterocycles. The van der Waals surface area contributed by atoms with E-state index < -0.39 is 43.3 Å². The van der Waals surface area contributed by atoms with Crippen molar-refractivity contribution >= 4 is 34.9 Å². The van der Waals surface area contributed by atoms with Crippen LogP contribution in [0.25, 0.3) is 5.70 Å². The van der Waals surface area contributed by atoms with Crippen molar-refractivity contribution in [3.8, 4) is 0 Å². The van der Waals surface area contributed by atoms with Gasteiger partial charge in [0, 0.05) is 5.56 Å². The largest absolute Gasteiger partial charge is 0.463 e. The van der Waals surface area contributed by atoms with Crippen molar-refractivity contribution in [2.75, 3.05) is 13.7 Å². The molecule has 0 bridgehead atoms. The van der Waals surface area contributed by atoms with Gasteiger partial charge in [-0.25, -0.2) is 0 Å². The third kappa shape index (κ3) is 5.79. The van der Waals surface area contributed by atoms with Gasteiger partial charge in [-0.15, -0.1) is 0 Å². The normalized spacial score (nSPS) is 28.1. The molecule has 0 amide bonds. The van der Waals surface area contributed by atoms with Crippen molar-refractivity contribution in [3.63, 3.8) is 0 Å². The molecule has 1 aromatic rings. The molecule has 2 rings (SSSR count). The fourth-order valence-electron chi connectivity index (χ4n) is 2.48. The van der Waals surface area contributed by atoms with E-state index in [0.717, 1.165) is 0 Å². The Hall–Kier alpha value is -1.43. The summed E-state index contributed by atoms with van der Waals surface area (Å²) in [5, 5.41) is 39.0. The van der Waals surface area contributed by atoms with E-state index in [1.54, 1.807) is 18.2 Å². The van der Waals surface area contributed by atoms with E-state index in [1.165, 1.54) is 13.2 Å². The van der Waals surface area contributed by atoms with Crippen molar-refractivity contribution in [2.45, 2.75) is 37.1 Å². The molecule has 1 unspecified atom stereocenters. The minimum atomic E-state index is -1.70. The molecule has 5 N–H and O–H groups in total. The van der Waals surface area contributed by atoms with E-state index in [9.17, 15) is 25.2 Å². The number of nitrogens with one attached hydrogen (secondary N) is 1. The topological polar surface area (TPSA) is 138 Å². The molecule has 11 heteroatoms. The first-order valence-electron chi connectivity index (χ1n) is 8.22. The van der Waals surface area contributed by atoms with Gasteiger partial charge in [-0.05, 0) is 18.2 Å². The van der Waals surface area contributed by atoms with E-state index >= 15 is 0 Å². The molecule has 0 saturated carbocycles. The van der Waals surface area contributed by atoms with Gasteiger partial charge in [0.15, 0.2) is 6.29 Å². The minimum absolute atomic E-state index is 0.164. The molecule has 0 radical (unpaired) electrons. The lowest BCUT2D eigenvalue weighted by molar-refractivity contribution is -0.287. The third-order valence-electron chi connectivity index (χ3n) is 4.01. The van der Waals surface area contributed by atoms with Crippen LogP contribution in [-0.4, -0.2) is 70.8 Å². The molecule has 0 aliphatic carbocycles. The number of ether oxygens (including phenoxy) is 2. The summed E-state index contributed by atoms with van der Waals surface area (Å²) in [6.45, 7) is -0.422. The van der Waals surface area contributed by atoms with Crippen LogP contribution in [0, 0.1) is 0 Å². The van der Waals surface area contributed by atoms with Gasteiger partial charge in [-0.1, -0.05) is 29.3 Å². The molecule has 1 aromatic carbocycles. The van der Waals surface area contributed by atoms with E-state index in [4.69, 9.17) is 37.5 Å². The van der Waals surface area contributed by atoms with Crippen LogP contribution in [0.2, 0.25) is 10.0 Å². The summed E-state index contributed by atoms with van der Waals surface area (Å²) in [6, 6.07) is 4.86. The Morgan fingerprint density at radius 2 is 1.89 bits per heavy atom. The number of aliphatic hydroxyl groups is 4. The van der Waals surface area contributed by atoms with Crippen molar-refractivity contribution in [1.82, 2.24) is 5.48 Å². The second-order valence-electron chi connectivity index (χ2n) is 5.98. The van der Waals surface area contributed by atoms with E-state index in [2.05, 4.69) is 5.48 Å². The molecule has 5 atom stereocenters. The highest BCUT2D eigenvalue weighted by Gasteiger charge is 2.43. The second-order valence-corrected chi connectivity index (χ2v) is 6.79. The van der Waals surface area contributed by atoms with Gasteiger partial charge in [0.1, 0.15) is 31.0 Å². The molecule has 28 heavy (non-hydrogen) atoms. The summed E-state index contributed by atoms with van der Waals surface area (Å²) < 4.78 is 9.94. The van der Waals surface area contributed by atoms with Gasteiger partial charge < -0.3 is 29.9 Å². The van der Waals surface area contributed by atoms with E-state index in [0.29, 0.717) is 21.3 Å². The maximum absolute atomic E-state index is 12.0. The van der Waals surface area contributed by atoms with Gasteiger partial charge in [0.25, 0.3) is 0 Å². The minimum Gasteiger partial charge on any atom is -0.463 e. The van der Waals surface area contributed by atoms with Crippen molar-refractivity contribution < 1.29 is 39.5 Å². The molecule has 0 spiro atoms. The lowest BCUT2D eigenvalue weighted by Crippen LogP contribution is -2.58. The molecular formula is C17H21Cl2NO8. The zero-order chi connectivity index (χ0) is 20.8. The summed E-state index contributed by atoms with van der Waals surface area (Å²) in [5.41, 5.74) is 3.69. The maximum Gasteiger partial charge on any atom is 0.309 e. The third-order valence-corrected chi connectivity index (χ3v) is 4.75. The first kappa shape index (κ1) is 22.9. The Kier molecular flexibility index (Phi) is 8.47. The van der Waals surface area contributed by atoms with E-state index in [-0.39, 0.29) is 6.42 Å². The summed E-state index contributed by atoms with van der Waals surface area (Å²) in [7, 11) is 1.40. The predicted octanol–water partition coefficient (Wildman–Crippen LogP) is 0.219. The number of aliphatic hydroxyl groups excluding tert-OH is 4. The van der Waals surface area contributed by atoms with Crippen LogP contribution < -0.4 is 5.48 Å². The summed E-state index contributed by atoms with van der Waals surface area (Å²) in [4.78, 5) is 16.9. The highest BCUT2D eigenvalue weighted by Crippen LogP contribution is 2.25. The number of hydrogen-bond donors (Lipinski definition) is 5. The fourth-order valence-corrected chi connectivity index (χ4v) is 2.78. The van der Waals surface area contributed by atoms with Gasteiger partial charge in [0.05, 0.1) is 29.3 Å². The average molecular weight is 438 g/mol. The first-order valence-corrected chi connectivity index (χ1v) is 8.98. The molecular weight excluding hydrogens is 417 g/mol. The standard InChI is InChI=1S/C17H21Cl2NO8/c1-26-20-11(8-2-3-9(18)10(19)6-8)4-5-13(21)27-7-12-14(22)15(23)16(24)17(25)28-12/h2-4,6,12,14-17,20,22-25H,5,7H2,1H3/b11-4+/t12-,14-,15+,16-,17?/m1/s1. The van der Waals surface area contributed by atoms with Gasteiger partial charge in [0.2, 0.25) is 0 Å². The summed E-state index contributed by atoms with van der Waals surface area (Å²) in [6.07, 6.45) is -6.36. The number of benzene rings is 1.